The molecule has 24 heavy (non-hydrogen) atoms. The zero-order valence-electron chi connectivity index (χ0n) is 13.1. The Morgan fingerprint density at radius 2 is 2.08 bits per heavy atom. The fourth-order valence-electron chi connectivity index (χ4n) is 2.22. The molecule has 0 aliphatic rings. The summed E-state index contributed by atoms with van der Waals surface area (Å²) in [4.78, 5) is 12.0. The first kappa shape index (κ1) is 15.8. The van der Waals surface area contributed by atoms with E-state index in [0.717, 1.165) is 5.69 Å². The molecule has 3 aromatic rings. The van der Waals surface area contributed by atoms with E-state index < -0.39 is 11.6 Å². The Morgan fingerprint density at radius 3 is 2.71 bits per heavy atom. The molecule has 2 amide bonds. The maximum atomic E-state index is 12.0. The SMILES string of the molecule is CC(O)(CNC(=O)Nc1ccc(-n2cccn2)cc1)c1ccco1. The molecule has 7 heteroatoms. The lowest BCUT2D eigenvalue weighted by Gasteiger charge is -2.21. The molecule has 3 rings (SSSR count). The van der Waals surface area contributed by atoms with Gasteiger partial charge in [-0.05, 0) is 49.4 Å². The Labute approximate surface area is 138 Å². The van der Waals surface area contributed by atoms with Gasteiger partial charge in [-0.25, -0.2) is 9.48 Å². The van der Waals surface area contributed by atoms with Crippen LogP contribution in [-0.4, -0.2) is 27.5 Å². The lowest BCUT2D eigenvalue weighted by molar-refractivity contribution is 0.0372. The molecule has 0 radical (unpaired) electrons. The molecule has 0 fully saturated rings. The van der Waals surface area contributed by atoms with Crippen molar-refractivity contribution in [3.63, 3.8) is 0 Å². The van der Waals surface area contributed by atoms with Crippen molar-refractivity contribution < 1.29 is 14.3 Å². The molecular formula is C17H18N4O3. The van der Waals surface area contributed by atoms with E-state index in [2.05, 4.69) is 15.7 Å². The zero-order chi connectivity index (χ0) is 17.0. The van der Waals surface area contributed by atoms with E-state index in [0.29, 0.717) is 11.4 Å². The maximum absolute atomic E-state index is 12.0. The minimum Gasteiger partial charge on any atom is -0.466 e. The summed E-state index contributed by atoms with van der Waals surface area (Å²) in [5.74, 6) is 0.395. The highest BCUT2D eigenvalue weighted by molar-refractivity contribution is 5.89. The summed E-state index contributed by atoms with van der Waals surface area (Å²) < 4.78 is 6.89. The van der Waals surface area contributed by atoms with Crippen LogP contribution in [0.3, 0.4) is 0 Å². The number of nitrogens with zero attached hydrogens (tertiary/aromatic N) is 2. The number of aromatic nitrogens is 2. The average molecular weight is 326 g/mol. The van der Waals surface area contributed by atoms with Crippen molar-refractivity contribution in [2.45, 2.75) is 12.5 Å². The van der Waals surface area contributed by atoms with Crippen LogP contribution in [0, 0.1) is 0 Å². The highest BCUT2D eigenvalue weighted by Gasteiger charge is 2.26. The summed E-state index contributed by atoms with van der Waals surface area (Å²) in [6.45, 7) is 1.60. The van der Waals surface area contributed by atoms with Gasteiger partial charge in [-0.2, -0.15) is 5.10 Å². The topological polar surface area (TPSA) is 92.3 Å². The number of carbonyl (C=O) groups excluding carboxylic acids is 1. The maximum Gasteiger partial charge on any atom is 0.319 e. The van der Waals surface area contributed by atoms with Crippen LogP contribution in [0.5, 0.6) is 0 Å². The van der Waals surface area contributed by atoms with E-state index >= 15 is 0 Å². The van der Waals surface area contributed by atoms with Crippen molar-refractivity contribution in [2.24, 2.45) is 0 Å². The molecule has 1 atom stereocenters. The molecule has 124 valence electrons. The lowest BCUT2D eigenvalue weighted by Crippen LogP contribution is -2.40. The van der Waals surface area contributed by atoms with Crippen LogP contribution in [0.25, 0.3) is 5.69 Å². The number of furan rings is 1. The van der Waals surface area contributed by atoms with Crippen molar-refractivity contribution in [1.29, 1.82) is 0 Å². The normalized spacial score (nSPS) is 13.2. The minimum absolute atomic E-state index is 0.0255. The molecule has 1 aromatic carbocycles. The first-order valence-corrected chi connectivity index (χ1v) is 7.46. The second-order valence-electron chi connectivity index (χ2n) is 5.56. The van der Waals surface area contributed by atoms with Crippen LogP contribution in [0.2, 0.25) is 0 Å². The summed E-state index contributed by atoms with van der Waals surface area (Å²) in [5, 5.41) is 19.8. The summed E-state index contributed by atoms with van der Waals surface area (Å²) >= 11 is 0. The van der Waals surface area contributed by atoms with Gasteiger partial charge in [0.15, 0.2) is 0 Å². The average Bonchev–Trinajstić information content (AvgIpc) is 3.27. The Morgan fingerprint density at radius 1 is 1.29 bits per heavy atom. The summed E-state index contributed by atoms with van der Waals surface area (Å²) in [6.07, 6.45) is 5.02. The lowest BCUT2D eigenvalue weighted by atomic mass is 10.0. The van der Waals surface area contributed by atoms with Crippen molar-refractivity contribution in [3.8, 4) is 5.69 Å². The second kappa shape index (κ2) is 6.59. The number of hydrogen-bond acceptors (Lipinski definition) is 4. The molecule has 0 bridgehead atoms. The molecule has 2 heterocycles. The fraction of sp³-hybridized carbons (Fsp3) is 0.176. The molecule has 3 N–H and O–H groups in total. The van der Waals surface area contributed by atoms with Crippen LogP contribution in [0.1, 0.15) is 12.7 Å². The van der Waals surface area contributed by atoms with Crippen molar-refractivity contribution in [1.82, 2.24) is 15.1 Å². The highest BCUT2D eigenvalue weighted by Crippen LogP contribution is 2.20. The van der Waals surface area contributed by atoms with Crippen LogP contribution < -0.4 is 10.6 Å². The minimum atomic E-state index is -1.27. The Hall–Kier alpha value is -3.06. The summed E-state index contributed by atoms with van der Waals surface area (Å²) in [5.41, 5.74) is 0.262. The van der Waals surface area contributed by atoms with Crippen LogP contribution in [0.15, 0.2) is 65.5 Å². The third-order valence-electron chi connectivity index (χ3n) is 3.54. The largest absolute Gasteiger partial charge is 0.466 e. The van der Waals surface area contributed by atoms with Crippen molar-refractivity contribution in [3.05, 3.63) is 66.9 Å². The van der Waals surface area contributed by atoms with E-state index in [-0.39, 0.29) is 6.54 Å². The van der Waals surface area contributed by atoms with Crippen LogP contribution in [0.4, 0.5) is 10.5 Å². The van der Waals surface area contributed by atoms with E-state index in [9.17, 15) is 9.90 Å². The van der Waals surface area contributed by atoms with Crippen LogP contribution in [-0.2, 0) is 5.60 Å². The predicted octanol–water partition coefficient (Wildman–Crippen LogP) is 2.49. The van der Waals surface area contributed by atoms with Crippen molar-refractivity contribution in [2.75, 3.05) is 11.9 Å². The van der Waals surface area contributed by atoms with E-state index in [4.69, 9.17) is 4.42 Å². The molecule has 7 nitrogen and oxygen atoms in total. The highest BCUT2D eigenvalue weighted by atomic mass is 16.4. The molecule has 2 aromatic heterocycles. The number of carbonyl (C=O) groups is 1. The number of urea groups is 1. The van der Waals surface area contributed by atoms with Crippen molar-refractivity contribution >= 4 is 11.7 Å². The summed E-state index contributed by atoms with van der Waals surface area (Å²) in [7, 11) is 0. The molecule has 1 unspecified atom stereocenters. The third-order valence-corrected chi connectivity index (χ3v) is 3.54. The number of hydrogen-bond donors (Lipinski definition) is 3. The van der Waals surface area contributed by atoms with E-state index in [1.54, 1.807) is 42.1 Å². The van der Waals surface area contributed by atoms with Gasteiger partial charge in [0, 0.05) is 18.1 Å². The van der Waals surface area contributed by atoms with Gasteiger partial charge >= 0.3 is 6.03 Å². The standard InChI is InChI=1S/C17H18N4O3/c1-17(23,15-4-2-11-24-15)12-18-16(22)20-13-5-7-14(8-6-13)21-10-3-9-19-21/h2-11,23H,12H2,1H3,(H2,18,20,22). The first-order valence-electron chi connectivity index (χ1n) is 7.46. The number of aliphatic hydroxyl groups is 1. The molecule has 0 saturated carbocycles. The van der Waals surface area contributed by atoms with Gasteiger partial charge < -0.3 is 20.2 Å². The smallest absolute Gasteiger partial charge is 0.319 e. The quantitative estimate of drug-likeness (QED) is 0.671. The second-order valence-corrected chi connectivity index (χ2v) is 5.56. The van der Waals surface area contributed by atoms with Gasteiger partial charge in [-0.3, -0.25) is 0 Å². The van der Waals surface area contributed by atoms with Gasteiger partial charge in [-0.15, -0.1) is 0 Å². The number of amides is 2. The first-order chi connectivity index (χ1) is 11.5. The fourth-order valence-corrected chi connectivity index (χ4v) is 2.22. The third kappa shape index (κ3) is 3.64. The molecule has 0 spiro atoms. The Balaban J connectivity index is 1.55. The van der Waals surface area contributed by atoms with Gasteiger partial charge in [-0.1, -0.05) is 0 Å². The Kier molecular flexibility index (Phi) is 4.35. The van der Waals surface area contributed by atoms with Crippen LogP contribution >= 0.6 is 0 Å². The number of anilines is 1. The van der Waals surface area contributed by atoms with Gasteiger partial charge in [0.05, 0.1) is 18.5 Å². The Bertz CT molecular complexity index is 778. The molecule has 0 aliphatic carbocycles. The van der Waals surface area contributed by atoms with Gasteiger partial charge in [0.2, 0.25) is 0 Å². The monoisotopic (exact) mass is 326 g/mol. The number of benzene rings is 1. The summed E-state index contributed by atoms with van der Waals surface area (Å²) in [6, 6.07) is 12.0. The van der Waals surface area contributed by atoms with Gasteiger partial charge in [0.25, 0.3) is 0 Å². The predicted molar refractivity (Wildman–Crippen MR) is 88.9 cm³/mol. The van der Waals surface area contributed by atoms with E-state index in [1.165, 1.54) is 6.26 Å². The zero-order valence-corrected chi connectivity index (χ0v) is 13.1. The molecule has 0 saturated heterocycles. The van der Waals surface area contributed by atoms with Gasteiger partial charge in [0.1, 0.15) is 11.4 Å². The number of rotatable bonds is 5. The van der Waals surface area contributed by atoms with E-state index in [1.807, 2.05) is 24.4 Å². The molecular weight excluding hydrogens is 308 g/mol. The number of nitrogens with one attached hydrogen (secondary N) is 2. The molecule has 0 aliphatic heterocycles.